The van der Waals surface area contributed by atoms with E-state index in [1.807, 2.05) is 19.9 Å². The Labute approximate surface area is 189 Å². The maximum Gasteiger partial charge on any atom is 0.325 e. The maximum absolute atomic E-state index is 13.2. The van der Waals surface area contributed by atoms with Gasteiger partial charge in [0.25, 0.3) is 5.91 Å². The van der Waals surface area contributed by atoms with E-state index in [0.29, 0.717) is 32.2 Å². The van der Waals surface area contributed by atoms with Crippen molar-refractivity contribution in [3.8, 4) is 5.75 Å². The van der Waals surface area contributed by atoms with E-state index in [2.05, 4.69) is 17.1 Å². The summed E-state index contributed by atoms with van der Waals surface area (Å²) in [5.41, 5.74) is -0.860. The van der Waals surface area contributed by atoms with E-state index in [4.69, 9.17) is 0 Å². The summed E-state index contributed by atoms with van der Waals surface area (Å²) in [4.78, 5) is 29.9. The largest absolute Gasteiger partial charge is 0.508 e. The first kappa shape index (κ1) is 21.7. The quantitative estimate of drug-likeness (QED) is 0.625. The van der Waals surface area contributed by atoms with Gasteiger partial charge in [0.1, 0.15) is 11.3 Å². The van der Waals surface area contributed by atoms with Crippen molar-refractivity contribution in [2.75, 3.05) is 19.6 Å². The SMILES string of the molecule is CCN1C(=O)NC(=O)C12CCC1(O)C(C)N(CC3CC3)CCC1(c1cc(O)ccc1C)C2. The van der Waals surface area contributed by atoms with Gasteiger partial charge in [0.05, 0.1) is 5.60 Å². The highest BCUT2D eigenvalue weighted by molar-refractivity contribution is 6.07. The van der Waals surface area contributed by atoms with Crippen LogP contribution >= 0.6 is 0 Å². The van der Waals surface area contributed by atoms with Crippen LogP contribution in [0.1, 0.15) is 63.5 Å². The molecule has 174 valence electrons. The minimum atomic E-state index is -1.06. The molecule has 4 fully saturated rings. The highest BCUT2D eigenvalue weighted by Gasteiger charge is 2.68. The number of rotatable bonds is 4. The van der Waals surface area contributed by atoms with E-state index < -0.39 is 16.6 Å². The van der Waals surface area contributed by atoms with Gasteiger partial charge < -0.3 is 15.1 Å². The number of hydrogen-bond acceptors (Lipinski definition) is 5. The third-order valence-corrected chi connectivity index (χ3v) is 9.05. The lowest BCUT2D eigenvalue weighted by Gasteiger charge is -2.63. The summed E-state index contributed by atoms with van der Waals surface area (Å²) in [5, 5.41) is 25.4. The molecule has 2 aliphatic heterocycles. The number of aromatic hydroxyl groups is 1. The zero-order valence-electron chi connectivity index (χ0n) is 19.4. The average molecular weight is 442 g/mol. The fourth-order valence-electron chi connectivity index (χ4n) is 7.06. The fourth-order valence-corrected chi connectivity index (χ4v) is 7.06. The molecule has 2 saturated heterocycles. The van der Waals surface area contributed by atoms with Crippen molar-refractivity contribution in [1.29, 1.82) is 0 Å². The summed E-state index contributed by atoms with van der Waals surface area (Å²) >= 11 is 0. The molecule has 4 aliphatic rings. The molecule has 1 aromatic carbocycles. The molecule has 1 aromatic rings. The Kier molecular flexibility index (Phi) is 4.88. The number of aryl methyl sites for hydroxylation is 1. The Balaban J connectivity index is 1.65. The molecule has 3 N–H and O–H groups in total. The molecular weight excluding hydrogens is 406 g/mol. The number of carbonyl (C=O) groups is 2. The smallest absolute Gasteiger partial charge is 0.325 e. The van der Waals surface area contributed by atoms with Crippen molar-refractivity contribution >= 4 is 11.9 Å². The topological polar surface area (TPSA) is 93.1 Å². The number of nitrogens with one attached hydrogen (secondary N) is 1. The summed E-state index contributed by atoms with van der Waals surface area (Å²) in [6.45, 7) is 8.28. The van der Waals surface area contributed by atoms with Gasteiger partial charge in [-0.05, 0) is 95.0 Å². The van der Waals surface area contributed by atoms with Crippen LogP contribution in [0.15, 0.2) is 18.2 Å². The van der Waals surface area contributed by atoms with Crippen molar-refractivity contribution in [3.05, 3.63) is 29.3 Å². The van der Waals surface area contributed by atoms with Gasteiger partial charge in [-0.1, -0.05) is 6.07 Å². The number of likely N-dealkylation sites (N-methyl/N-ethyl adjacent to an activating group) is 1. The van der Waals surface area contributed by atoms with Crippen LogP contribution in [0.3, 0.4) is 0 Å². The molecule has 7 heteroatoms. The number of phenols is 1. The standard InChI is InChI=1S/C25H35N3O4/c1-4-28-22(31)26-21(30)24(28)9-10-25(32)17(3)27(14-18-6-7-18)12-11-23(25,15-24)20-13-19(29)8-5-16(20)2/h5,8,13,17-18,29,32H,4,6-7,9-12,14-15H2,1-3H3,(H,26,30,31). The number of benzene rings is 1. The van der Waals surface area contributed by atoms with E-state index in [1.54, 1.807) is 17.0 Å². The number of amides is 3. The molecule has 1 spiro atoms. The van der Waals surface area contributed by atoms with Gasteiger partial charge in [-0.2, -0.15) is 0 Å². The number of piperidine rings is 1. The zero-order valence-corrected chi connectivity index (χ0v) is 19.4. The van der Waals surface area contributed by atoms with Gasteiger partial charge in [0, 0.05) is 24.5 Å². The molecule has 2 heterocycles. The molecule has 7 nitrogen and oxygen atoms in total. The predicted octanol–water partition coefficient (Wildman–Crippen LogP) is 2.67. The Bertz CT molecular complexity index is 963. The number of imide groups is 1. The second kappa shape index (κ2) is 7.19. The zero-order chi connectivity index (χ0) is 22.9. The molecule has 0 radical (unpaired) electrons. The summed E-state index contributed by atoms with van der Waals surface area (Å²) in [5.74, 6) is 0.630. The number of hydrogen-bond donors (Lipinski definition) is 3. The van der Waals surface area contributed by atoms with Crippen LogP contribution in [-0.2, 0) is 10.2 Å². The number of nitrogens with zero attached hydrogens (tertiary/aromatic N) is 2. The lowest BCUT2D eigenvalue weighted by molar-refractivity contribution is -0.178. The van der Waals surface area contributed by atoms with Gasteiger partial charge in [-0.25, -0.2) is 4.79 Å². The molecule has 3 amide bonds. The third-order valence-electron chi connectivity index (χ3n) is 9.05. The molecule has 0 bridgehead atoms. The van der Waals surface area contributed by atoms with Crippen molar-refractivity contribution in [2.45, 2.75) is 81.9 Å². The maximum atomic E-state index is 13.2. The first-order chi connectivity index (χ1) is 15.2. The van der Waals surface area contributed by atoms with Gasteiger partial charge in [-0.15, -0.1) is 0 Å². The van der Waals surface area contributed by atoms with Gasteiger partial charge in [0.2, 0.25) is 0 Å². The van der Waals surface area contributed by atoms with Crippen LogP contribution in [0, 0.1) is 12.8 Å². The lowest BCUT2D eigenvalue weighted by Crippen LogP contribution is -2.74. The number of phenolic OH excluding ortho intramolecular Hbond substituents is 1. The van der Waals surface area contributed by atoms with E-state index in [-0.39, 0.29) is 23.7 Å². The second-order valence-electron chi connectivity index (χ2n) is 10.6. The minimum absolute atomic E-state index is 0.0776. The van der Waals surface area contributed by atoms with Crippen molar-refractivity contribution in [1.82, 2.24) is 15.1 Å². The Morgan fingerprint density at radius 1 is 1.19 bits per heavy atom. The van der Waals surface area contributed by atoms with Gasteiger partial charge in [-0.3, -0.25) is 15.0 Å². The molecule has 2 aliphatic carbocycles. The van der Waals surface area contributed by atoms with E-state index in [0.717, 1.165) is 30.1 Å². The van der Waals surface area contributed by atoms with Crippen LogP contribution in [0.4, 0.5) is 4.79 Å². The molecule has 5 rings (SSSR count). The summed E-state index contributed by atoms with van der Waals surface area (Å²) in [7, 11) is 0. The normalized spacial score (nSPS) is 37.6. The number of aliphatic hydroxyl groups is 1. The second-order valence-corrected chi connectivity index (χ2v) is 10.6. The van der Waals surface area contributed by atoms with Crippen molar-refractivity contribution in [2.24, 2.45) is 5.92 Å². The molecule has 0 aromatic heterocycles. The monoisotopic (exact) mass is 441 g/mol. The van der Waals surface area contributed by atoms with E-state index in [1.165, 1.54) is 12.8 Å². The van der Waals surface area contributed by atoms with E-state index >= 15 is 0 Å². The first-order valence-electron chi connectivity index (χ1n) is 12.1. The van der Waals surface area contributed by atoms with Crippen LogP contribution < -0.4 is 5.32 Å². The highest BCUT2D eigenvalue weighted by atomic mass is 16.3. The minimum Gasteiger partial charge on any atom is -0.508 e. The molecule has 32 heavy (non-hydrogen) atoms. The van der Waals surface area contributed by atoms with Crippen LogP contribution in [0.5, 0.6) is 5.75 Å². The predicted molar refractivity (Wildman–Crippen MR) is 120 cm³/mol. The average Bonchev–Trinajstić information content (AvgIpc) is 3.54. The molecular formula is C25H35N3O4. The lowest BCUT2D eigenvalue weighted by atomic mass is 9.49. The van der Waals surface area contributed by atoms with Crippen LogP contribution in [0.25, 0.3) is 0 Å². The fraction of sp³-hybridized carbons (Fsp3) is 0.680. The number of fused-ring (bicyclic) bond motifs is 1. The summed E-state index contributed by atoms with van der Waals surface area (Å²) in [6.07, 6.45) is 4.45. The van der Waals surface area contributed by atoms with Crippen LogP contribution in [-0.4, -0.2) is 68.8 Å². The Morgan fingerprint density at radius 3 is 2.62 bits per heavy atom. The van der Waals surface area contributed by atoms with Crippen molar-refractivity contribution in [3.63, 3.8) is 0 Å². The van der Waals surface area contributed by atoms with Gasteiger partial charge in [0.15, 0.2) is 0 Å². The van der Waals surface area contributed by atoms with E-state index in [9.17, 15) is 19.8 Å². The molecule has 2 saturated carbocycles. The third kappa shape index (κ3) is 2.86. The Morgan fingerprint density at radius 2 is 1.94 bits per heavy atom. The number of carbonyl (C=O) groups excluding carboxylic acids is 2. The molecule has 4 atom stereocenters. The van der Waals surface area contributed by atoms with Crippen molar-refractivity contribution < 1.29 is 19.8 Å². The number of urea groups is 1. The summed E-state index contributed by atoms with van der Waals surface area (Å²) < 4.78 is 0. The summed E-state index contributed by atoms with van der Waals surface area (Å²) in [6, 6.07) is 4.91. The number of likely N-dealkylation sites (tertiary alicyclic amines) is 1. The highest BCUT2D eigenvalue weighted by Crippen LogP contribution is 2.59. The first-order valence-corrected chi connectivity index (χ1v) is 12.1. The molecule has 4 unspecified atom stereocenters. The Hall–Kier alpha value is -2.12. The van der Waals surface area contributed by atoms with Gasteiger partial charge >= 0.3 is 6.03 Å². The van der Waals surface area contributed by atoms with Crippen LogP contribution in [0.2, 0.25) is 0 Å².